The highest BCUT2D eigenvalue weighted by Gasteiger charge is 2.08. The first kappa shape index (κ1) is 13.5. The Kier molecular flexibility index (Phi) is 4.46. The van der Waals surface area contributed by atoms with Gasteiger partial charge in [-0.25, -0.2) is 0 Å². The van der Waals surface area contributed by atoms with Crippen LogP contribution >= 0.6 is 0 Å². The molecule has 2 N–H and O–H groups in total. The lowest BCUT2D eigenvalue weighted by Crippen LogP contribution is -2.12. The van der Waals surface area contributed by atoms with Crippen LogP contribution in [-0.2, 0) is 13.2 Å². The lowest BCUT2D eigenvalue weighted by molar-refractivity contribution is 0.291. The third-order valence-electron chi connectivity index (χ3n) is 2.72. The third-order valence-corrected chi connectivity index (χ3v) is 2.72. The molecule has 0 aliphatic rings. The summed E-state index contributed by atoms with van der Waals surface area (Å²) in [4.78, 5) is 1.48. The molecule has 2 aromatic rings. The van der Waals surface area contributed by atoms with Crippen LogP contribution in [0.4, 0.5) is 0 Å². The molecule has 1 heterocycles. The number of rotatable bonds is 6. The molecule has 0 saturated carbocycles. The van der Waals surface area contributed by atoms with E-state index in [1.54, 1.807) is 0 Å². The van der Waals surface area contributed by atoms with Crippen LogP contribution in [0.2, 0.25) is 0 Å². The fraction of sp³-hybridized carbons (Fsp3) is 0.462. The number of ether oxygens (including phenoxy) is 1. The van der Waals surface area contributed by atoms with Gasteiger partial charge >= 0.3 is 0 Å². The van der Waals surface area contributed by atoms with E-state index in [4.69, 9.17) is 10.5 Å². The number of aromatic nitrogens is 4. The molecule has 0 atom stereocenters. The minimum atomic E-state index is 0.314. The molecular formula is C13H19N5O. The minimum Gasteiger partial charge on any atom is -0.485 e. The zero-order chi connectivity index (χ0) is 13.7. The highest BCUT2D eigenvalue weighted by molar-refractivity contribution is 5.35. The van der Waals surface area contributed by atoms with Crippen LogP contribution in [-0.4, -0.2) is 26.8 Å². The van der Waals surface area contributed by atoms with E-state index in [1.807, 2.05) is 18.2 Å². The summed E-state index contributed by atoms with van der Waals surface area (Å²) in [5, 5.41) is 12.0. The van der Waals surface area contributed by atoms with E-state index in [0.717, 1.165) is 5.75 Å². The van der Waals surface area contributed by atoms with Gasteiger partial charge in [-0.15, -0.1) is 10.2 Å². The van der Waals surface area contributed by atoms with Crippen LogP contribution in [0.5, 0.6) is 5.75 Å². The molecule has 102 valence electrons. The predicted octanol–water partition coefficient (Wildman–Crippen LogP) is 1.33. The van der Waals surface area contributed by atoms with Crippen molar-refractivity contribution in [1.82, 2.24) is 20.2 Å². The van der Waals surface area contributed by atoms with E-state index in [-0.39, 0.29) is 0 Å². The monoisotopic (exact) mass is 261 g/mol. The molecule has 6 nitrogen and oxygen atoms in total. The van der Waals surface area contributed by atoms with Gasteiger partial charge in [-0.2, -0.15) is 4.80 Å². The van der Waals surface area contributed by atoms with Gasteiger partial charge in [0.05, 0.1) is 6.54 Å². The first-order chi connectivity index (χ1) is 9.20. The molecule has 0 saturated heterocycles. The summed E-state index contributed by atoms with van der Waals surface area (Å²) in [6.07, 6.45) is 0. The average Bonchev–Trinajstić information content (AvgIpc) is 2.85. The molecular weight excluding hydrogens is 242 g/mol. The first-order valence-corrected chi connectivity index (χ1v) is 6.39. The van der Waals surface area contributed by atoms with Crippen molar-refractivity contribution in [2.24, 2.45) is 5.73 Å². The van der Waals surface area contributed by atoms with Crippen molar-refractivity contribution in [2.75, 3.05) is 6.54 Å². The van der Waals surface area contributed by atoms with Crippen LogP contribution in [0.25, 0.3) is 0 Å². The topological polar surface area (TPSA) is 78.9 Å². The summed E-state index contributed by atoms with van der Waals surface area (Å²) in [6.45, 7) is 5.65. The van der Waals surface area contributed by atoms with E-state index in [9.17, 15) is 0 Å². The SMILES string of the molecule is CC(C)c1ccccc1OCc1nnn(CCN)n1. The largest absolute Gasteiger partial charge is 0.485 e. The van der Waals surface area contributed by atoms with Gasteiger partial charge in [-0.3, -0.25) is 0 Å². The third kappa shape index (κ3) is 3.51. The molecule has 0 fully saturated rings. The van der Waals surface area contributed by atoms with E-state index >= 15 is 0 Å². The number of nitrogens with zero attached hydrogens (tertiary/aromatic N) is 4. The second kappa shape index (κ2) is 6.29. The highest BCUT2D eigenvalue weighted by atomic mass is 16.5. The molecule has 0 amide bonds. The minimum absolute atomic E-state index is 0.314. The van der Waals surface area contributed by atoms with Crippen LogP contribution in [0.1, 0.15) is 31.2 Å². The van der Waals surface area contributed by atoms with Gasteiger partial charge in [0.1, 0.15) is 5.75 Å². The first-order valence-electron chi connectivity index (χ1n) is 6.39. The zero-order valence-electron chi connectivity index (χ0n) is 11.3. The maximum Gasteiger partial charge on any atom is 0.212 e. The molecule has 1 aromatic heterocycles. The molecule has 1 aromatic carbocycles. The Balaban J connectivity index is 2.01. The number of para-hydroxylation sites is 1. The second-order valence-electron chi connectivity index (χ2n) is 4.57. The molecule has 0 aliphatic carbocycles. The highest BCUT2D eigenvalue weighted by Crippen LogP contribution is 2.26. The Morgan fingerprint density at radius 2 is 2.11 bits per heavy atom. The standard InChI is InChI=1S/C13H19N5O/c1-10(2)11-5-3-4-6-12(11)19-9-13-15-17-18(16-13)8-7-14/h3-6,10H,7-9,14H2,1-2H3. The zero-order valence-corrected chi connectivity index (χ0v) is 11.3. The Hall–Kier alpha value is -1.95. The van der Waals surface area contributed by atoms with Gasteiger partial charge in [0.15, 0.2) is 6.61 Å². The Labute approximate surface area is 112 Å². The van der Waals surface area contributed by atoms with E-state index in [2.05, 4.69) is 35.3 Å². The molecule has 6 heteroatoms. The van der Waals surface area contributed by atoms with Gasteiger partial charge in [-0.05, 0) is 22.8 Å². The number of benzene rings is 1. The van der Waals surface area contributed by atoms with Crippen molar-refractivity contribution < 1.29 is 4.74 Å². The van der Waals surface area contributed by atoms with Crippen molar-refractivity contribution in [3.05, 3.63) is 35.7 Å². The predicted molar refractivity (Wildman–Crippen MR) is 71.7 cm³/mol. The van der Waals surface area contributed by atoms with Gasteiger partial charge in [-0.1, -0.05) is 32.0 Å². The average molecular weight is 261 g/mol. The van der Waals surface area contributed by atoms with Crippen LogP contribution in [0.3, 0.4) is 0 Å². The van der Waals surface area contributed by atoms with Crippen molar-refractivity contribution in [3.63, 3.8) is 0 Å². The fourth-order valence-electron chi connectivity index (χ4n) is 1.78. The Morgan fingerprint density at radius 3 is 2.84 bits per heavy atom. The Morgan fingerprint density at radius 1 is 1.32 bits per heavy atom. The summed E-state index contributed by atoms with van der Waals surface area (Å²) in [5.41, 5.74) is 6.61. The summed E-state index contributed by atoms with van der Waals surface area (Å²) in [5.74, 6) is 1.84. The number of hydrogen-bond donors (Lipinski definition) is 1. The normalized spacial score (nSPS) is 10.9. The van der Waals surface area contributed by atoms with Crippen molar-refractivity contribution >= 4 is 0 Å². The number of hydrogen-bond acceptors (Lipinski definition) is 5. The summed E-state index contributed by atoms with van der Waals surface area (Å²) in [7, 11) is 0. The summed E-state index contributed by atoms with van der Waals surface area (Å²) >= 11 is 0. The molecule has 0 aliphatic heterocycles. The van der Waals surface area contributed by atoms with Crippen molar-refractivity contribution in [3.8, 4) is 5.75 Å². The lowest BCUT2D eigenvalue weighted by Gasteiger charge is -2.12. The smallest absolute Gasteiger partial charge is 0.212 e. The molecule has 0 bridgehead atoms. The Bertz CT molecular complexity index is 523. The summed E-state index contributed by atoms with van der Waals surface area (Å²) in [6, 6.07) is 8.00. The van der Waals surface area contributed by atoms with Gasteiger partial charge in [0.2, 0.25) is 5.82 Å². The maximum absolute atomic E-state index is 5.77. The van der Waals surface area contributed by atoms with Crippen LogP contribution < -0.4 is 10.5 Å². The molecule has 0 unspecified atom stereocenters. The van der Waals surface area contributed by atoms with E-state index < -0.39 is 0 Å². The van der Waals surface area contributed by atoms with Gasteiger partial charge < -0.3 is 10.5 Å². The van der Waals surface area contributed by atoms with Gasteiger partial charge in [0, 0.05) is 6.54 Å². The molecule has 2 rings (SSSR count). The number of tetrazole rings is 1. The van der Waals surface area contributed by atoms with E-state index in [1.165, 1.54) is 10.4 Å². The molecule has 19 heavy (non-hydrogen) atoms. The summed E-state index contributed by atoms with van der Waals surface area (Å²) < 4.78 is 5.77. The fourth-order valence-corrected chi connectivity index (χ4v) is 1.78. The van der Waals surface area contributed by atoms with Crippen LogP contribution in [0.15, 0.2) is 24.3 Å². The quantitative estimate of drug-likeness (QED) is 0.848. The van der Waals surface area contributed by atoms with Crippen LogP contribution in [0, 0.1) is 0 Å². The number of nitrogens with two attached hydrogens (primary N) is 1. The van der Waals surface area contributed by atoms with Crippen molar-refractivity contribution in [2.45, 2.75) is 32.9 Å². The molecule has 0 radical (unpaired) electrons. The van der Waals surface area contributed by atoms with E-state index in [0.29, 0.717) is 31.4 Å². The maximum atomic E-state index is 5.77. The lowest BCUT2D eigenvalue weighted by atomic mass is 10.0. The molecule has 0 spiro atoms. The van der Waals surface area contributed by atoms with Gasteiger partial charge in [0.25, 0.3) is 0 Å². The second-order valence-corrected chi connectivity index (χ2v) is 4.57. The van der Waals surface area contributed by atoms with Crippen molar-refractivity contribution in [1.29, 1.82) is 0 Å².